The lowest BCUT2D eigenvalue weighted by molar-refractivity contribution is -0.139. The van der Waals surface area contributed by atoms with E-state index in [1.807, 2.05) is 24.3 Å². The molecule has 1 aromatic rings. The minimum absolute atomic E-state index is 0. The molecule has 1 aromatic carbocycles. The fourth-order valence-electron chi connectivity index (χ4n) is 4.74. The lowest BCUT2D eigenvalue weighted by atomic mass is 9.65. The second-order valence-corrected chi connectivity index (χ2v) is 7.95. The van der Waals surface area contributed by atoms with Crippen molar-refractivity contribution in [3.05, 3.63) is 29.8 Å². The van der Waals surface area contributed by atoms with Crippen LogP contribution in [-0.2, 0) is 16.0 Å². The van der Waals surface area contributed by atoms with E-state index in [0.717, 1.165) is 43.4 Å². The molecule has 27 heavy (non-hydrogen) atoms. The Morgan fingerprint density at radius 3 is 2.44 bits per heavy atom. The number of halogens is 1. The predicted octanol–water partition coefficient (Wildman–Crippen LogP) is 3.22. The van der Waals surface area contributed by atoms with Gasteiger partial charge in [-0.3, -0.25) is 9.59 Å². The van der Waals surface area contributed by atoms with Crippen LogP contribution in [-0.4, -0.2) is 36.3 Å². The number of fused-ring (bicyclic) bond motifs is 2. The number of anilines is 1. The molecule has 3 N–H and O–H groups in total. The van der Waals surface area contributed by atoms with Crippen molar-refractivity contribution < 1.29 is 9.59 Å². The van der Waals surface area contributed by atoms with Crippen LogP contribution in [0.2, 0.25) is 0 Å². The van der Waals surface area contributed by atoms with Crippen LogP contribution in [0.5, 0.6) is 0 Å². The molecule has 6 heteroatoms. The highest BCUT2D eigenvalue weighted by Gasteiger charge is 2.41. The van der Waals surface area contributed by atoms with Crippen molar-refractivity contribution >= 4 is 29.9 Å². The number of para-hydroxylation sites is 1. The largest absolute Gasteiger partial charge is 0.336 e. The van der Waals surface area contributed by atoms with Crippen molar-refractivity contribution in [3.8, 4) is 0 Å². The Morgan fingerprint density at radius 1 is 1.19 bits per heavy atom. The van der Waals surface area contributed by atoms with E-state index in [-0.39, 0.29) is 42.7 Å². The van der Waals surface area contributed by atoms with Crippen LogP contribution in [0.15, 0.2) is 24.3 Å². The third-order valence-corrected chi connectivity index (χ3v) is 6.19. The van der Waals surface area contributed by atoms with Crippen LogP contribution in [0, 0.1) is 17.8 Å². The smallest absolute Gasteiger partial charge is 0.243 e. The first kappa shape index (κ1) is 21.7. The lowest BCUT2D eigenvalue weighted by Crippen LogP contribution is -2.49. The summed E-state index contributed by atoms with van der Waals surface area (Å²) in [4.78, 5) is 26.8. The molecule has 0 aliphatic heterocycles. The highest BCUT2D eigenvalue weighted by Crippen LogP contribution is 2.42. The number of nitrogens with one attached hydrogen (secondary N) is 1. The molecule has 0 saturated heterocycles. The number of hydrogen-bond donors (Lipinski definition) is 2. The van der Waals surface area contributed by atoms with Gasteiger partial charge in [0, 0.05) is 24.7 Å². The van der Waals surface area contributed by atoms with Crippen molar-refractivity contribution in [1.29, 1.82) is 0 Å². The molecule has 2 amide bonds. The summed E-state index contributed by atoms with van der Waals surface area (Å²) in [6.07, 6.45) is 6.12. The number of carbonyl (C=O) groups excluding carboxylic acids is 2. The van der Waals surface area contributed by atoms with Gasteiger partial charge in [0.2, 0.25) is 11.8 Å². The summed E-state index contributed by atoms with van der Waals surface area (Å²) in [5, 5.41) is 2.94. The zero-order chi connectivity index (χ0) is 18.7. The fraction of sp³-hybridized carbons (Fsp3) is 0.619. The summed E-state index contributed by atoms with van der Waals surface area (Å²) < 4.78 is 0. The molecule has 3 rings (SSSR count). The van der Waals surface area contributed by atoms with E-state index >= 15 is 0 Å². The number of nitrogens with zero attached hydrogens (tertiary/aromatic N) is 1. The Bertz CT molecular complexity index is 653. The molecule has 150 valence electrons. The summed E-state index contributed by atoms with van der Waals surface area (Å²) in [5.74, 6) is 0.901. The zero-order valence-electron chi connectivity index (χ0n) is 16.3. The minimum Gasteiger partial charge on any atom is -0.336 e. The topological polar surface area (TPSA) is 75.4 Å². The number of nitrogens with two attached hydrogens (primary N) is 1. The molecule has 2 bridgehead atoms. The van der Waals surface area contributed by atoms with Crippen molar-refractivity contribution in [2.75, 3.05) is 18.9 Å². The van der Waals surface area contributed by atoms with E-state index in [0.29, 0.717) is 11.8 Å². The van der Waals surface area contributed by atoms with E-state index in [1.165, 1.54) is 6.42 Å². The van der Waals surface area contributed by atoms with Gasteiger partial charge >= 0.3 is 0 Å². The van der Waals surface area contributed by atoms with Gasteiger partial charge in [0.15, 0.2) is 0 Å². The number of aryl methyl sites for hydroxylation is 1. The first-order valence-corrected chi connectivity index (χ1v) is 9.88. The number of likely N-dealkylation sites (N-methyl/N-ethyl adjacent to an activating group) is 1. The predicted molar refractivity (Wildman–Crippen MR) is 111 cm³/mol. The molecule has 5 nitrogen and oxygen atoms in total. The molecular weight excluding hydrogens is 362 g/mol. The maximum Gasteiger partial charge on any atom is 0.243 e. The number of hydrogen-bond acceptors (Lipinski definition) is 3. The molecule has 2 atom stereocenters. The van der Waals surface area contributed by atoms with Crippen molar-refractivity contribution in [3.63, 3.8) is 0 Å². The lowest BCUT2D eigenvalue weighted by Gasteiger charge is -2.44. The number of rotatable bonds is 5. The average Bonchev–Trinajstić information content (AvgIpc) is 2.61. The molecule has 2 unspecified atom stereocenters. The van der Waals surface area contributed by atoms with Gasteiger partial charge in [-0.25, -0.2) is 0 Å². The third-order valence-electron chi connectivity index (χ3n) is 6.19. The molecular formula is C21H32ClN3O2. The summed E-state index contributed by atoms with van der Waals surface area (Å²) in [7, 11) is 1.73. The maximum absolute atomic E-state index is 12.9. The number of benzene rings is 1. The van der Waals surface area contributed by atoms with Crippen LogP contribution in [0.3, 0.4) is 0 Å². The Labute approximate surface area is 168 Å². The standard InChI is InChI=1S/C21H31N3O2.ClH/c1-3-14-7-4-5-10-18(14)23-19(25)13-24(2)21(26)17-11-15-8-6-9-16(12-17)20(15)22;/h4-5,7,10,15-17,20H,3,6,8-9,11-13,22H2,1-2H3,(H,23,25);1H. The van der Waals surface area contributed by atoms with E-state index < -0.39 is 0 Å². The normalized spacial score (nSPS) is 26.6. The van der Waals surface area contributed by atoms with Gasteiger partial charge in [-0.15, -0.1) is 12.4 Å². The van der Waals surface area contributed by atoms with Crippen molar-refractivity contribution in [2.45, 2.75) is 51.5 Å². The van der Waals surface area contributed by atoms with Gasteiger partial charge < -0.3 is 16.0 Å². The van der Waals surface area contributed by atoms with E-state index in [1.54, 1.807) is 11.9 Å². The maximum atomic E-state index is 12.9. The summed E-state index contributed by atoms with van der Waals surface area (Å²) in [5.41, 5.74) is 8.26. The Kier molecular flexibility index (Phi) is 7.68. The quantitative estimate of drug-likeness (QED) is 0.806. The van der Waals surface area contributed by atoms with Crippen LogP contribution in [0.4, 0.5) is 5.69 Å². The molecule has 0 aromatic heterocycles. The number of amides is 2. The first-order chi connectivity index (χ1) is 12.5. The van der Waals surface area contributed by atoms with Crippen LogP contribution in [0.25, 0.3) is 0 Å². The third kappa shape index (κ3) is 5.02. The fourth-order valence-corrected chi connectivity index (χ4v) is 4.74. The van der Waals surface area contributed by atoms with Gasteiger partial charge in [-0.1, -0.05) is 31.5 Å². The molecule has 2 saturated carbocycles. The second-order valence-electron chi connectivity index (χ2n) is 7.95. The van der Waals surface area contributed by atoms with Gasteiger partial charge in [0.25, 0.3) is 0 Å². The number of carbonyl (C=O) groups is 2. The molecule has 2 aliphatic carbocycles. The Hall–Kier alpha value is -1.59. The van der Waals surface area contributed by atoms with Gasteiger partial charge in [-0.2, -0.15) is 0 Å². The summed E-state index contributed by atoms with van der Waals surface area (Å²) >= 11 is 0. The Morgan fingerprint density at radius 2 is 1.81 bits per heavy atom. The minimum atomic E-state index is -0.144. The van der Waals surface area contributed by atoms with E-state index in [4.69, 9.17) is 5.73 Å². The van der Waals surface area contributed by atoms with Gasteiger partial charge in [0.05, 0.1) is 6.54 Å². The SMILES string of the molecule is CCc1ccccc1NC(=O)CN(C)C(=O)C1CC2CCCC(C1)C2N.Cl. The highest BCUT2D eigenvalue weighted by molar-refractivity contribution is 5.95. The second kappa shape index (κ2) is 9.56. The molecule has 0 spiro atoms. The molecule has 0 radical (unpaired) electrons. The van der Waals surface area contributed by atoms with E-state index in [2.05, 4.69) is 12.2 Å². The van der Waals surface area contributed by atoms with Crippen LogP contribution in [0.1, 0.15) is 44.6 Å². The van der Waals surface area contributed by atoms with Crippen LogP contribution >= 0.6 is 12.4 Å². The summed E-state index contributed by atoms with van der Waals surface area (Å²) in [6, 6.07) is 8.05. The van der Waals surface area contributed by atoms with Crippen molar-refractivity contribution in [2.24, 2.45) is 23.5 Å². The average molecular weight is 394 g/mol. The van der Waals surface area contributed by atoms with E-state index in [9.17, 15) is 9.59 Å². The highest BCUT2D eigenvalue weighted by atomic mass is 35.5. The summed E-state index contributed by atoms with van der Waals surface area (Å²) in [6.45, 7) is 2.15. The van der Waals surface area contributed by atoms with Crippen LogP contribution < -0.4 is 11.1 Å². The first-order valence-electron chi connectivity index (χ1n) is 9.88. The van der Waals surface area contributed by atoms with Gasteiger partial charge in [-0.05, 0) is 55.6 Å². The Balaban J connectivity index is 0.00000261. The van der Waals surface area contributed by atoms with Gasteiger partial charge in [0.1, 0.15) is 0 Å². The zero-order valence-corrected chi connectivity index (χ0v) is 17.1. The van der Waals surface area contributed by atoms with Crippen molar-refractivity contribution in [1.82, 2.24) is 4.90 Å². The monoisotopic (exact) mass is 393 g/mol. The molecule has 2 fully saturated rings. The molecule has 0 heterocycles. The molecule has 2 aliphatic rings.